The van der Waals surface area contributed by atoms with Gasteiger partial charge in [-0.15, -0.1) is 11.3 Å². The number of nitrogens with zero attached hydrogens (tertiary/aromatic N) is 2. The minimum Gasteiger partial charge on any atom is -0.480 e. The molecule has 92 valence electrons. The third-order valence-electron chi connectivity index (χ3n) is 2.83. The van der Waals surface area contributed by atoms with Crippen molar-refractivity contribution in [3.05, 3.63) is 16.1 Å². The largest absolute Gasteiger partial charge is 0.480 e. The van der Waals surface area contributed by atoms with Crippen LogP contribution in [0.25, 0.3) is 0 Å². The van der Waals surface area contributed by atoms with Gasteiger partial charge in [0.25, 0.3) is 0 Å². The molecule has 6 heteroatoms. The zero-order valence-corrected chi connectivity index (χ0v) is 10.4. The van der Waals surface area contributed by atoms with E-state index in [1.165, 1.54) is 16.2 Å². The predicted octanol–water partition coefficient (Wildman–Crippen LogP) is 1.07. The molecule has 0 aliphatic carbocycles. The number of hydrogen-bond acceptors (Lipinski definition) is 4. The van der Waals surface area contributed by atoms with Crippen LogP contribution in [0.15, 0.2) is 5.38 Å². The van der Waals surface area contributed by atoms with Crippen LogP contribution in [0, 0.1) is 6.92 Å². The maximum atomic E-state index is 12.0. The molecular formula is C11H14N2O3S. The average Bonchev–Trinajstić information content (AvgIpc) is 2.86. The molecule has 1 aromatic rings. The number of hydrogen-bond donors (Lipinski definition) is 1. The zero-order valence-electron chi connectivity index (χ0n) is 9.55. The van der Waals surface area contributed by atoms with Gasteiger partial charge in [-0.1, -0.05) is 0 Å². The summed E-state index contributed by atoms with van der Waals surface area (Å²) in [6, 6.07) is -0.649. The van der Waals surface area contributed by atoms with Gasteiger partial charge in [-0.05, 0) is 19.8 Å². The Kier molecular flexibility index (Phi) is 3.42. The van der Waals surface area contributed by atoms with Gasteiger partial charge < -0.3 is 10.0 Å². The number of likely N-dealkylation sites (tertiary alicyclic amines) is 1. The summed E-state index contributed by atoms with van der Waals surface area (Å²) in [4.78, 5) is 28.6. The minimum absolute atomic E-state index is 0.135. The molecule has 1 aliphatic rings. The molecule has 2 rings (SSSR count). The number of rotatable bonds is 3. The van der Waals surface area contributed by atoms with Crippen molar-refractivity contribution in [1.82, 2.24) is 9.88 Å². The van der Waals surface area contributed by atoms with Gasteiger partial charge >= 0.3 is 5.97 Å². The smallest absolute Gasteiger partial charge is 0.326 e. The first-order valence-electron chi connectivity index (χ1n) is 5.51. The van der Waals surface area contributed by atoms with Crippen molar-refractivity contribution in [1.29, 1.82) is 0 Å². The summed E-state index contributed by atoms with van der Waals surface area (Å²) in [5.74, 6) is -1.05. The first-order valence-corrected chi connectivity index (χ1v) is 6.39. The van der Waals surface area contributed by atoms with E-state index in [2.05, 4.69) is 4.98 Å². The fraction of sp³-hybridized carbons (Fsp3) is 0.545. The molecule has 0 aromatic carbocycles. The summed E-state index contributed by atoms with van der Waals surface area (Å²) in [6.07, 6.45) is 1.53. The highest BCUT2D eigenvalue weighted by Gasteiger charge is 2.33. The second-order valence-electron chi connectivity index (χ2n) is 4.14. The number of thiazole rings is 1. The average molecular weight is 254 g/mol. The molecular weight excluding hydrogens is 240 g/mol. The highest BCUT2D eigenvalue weighted by Crippen LogP contribution is 2.19. The van der Waals surface area contributed by atoms with Crippen molar-refractivity contribution in [3.8, 4) is 0 Å². The van der Waals surface area contributed by atoms with Gasteiger partial charge in [0.15, 0.2) is 0 Å². The standard InChI is InChI=1S/C11H14N2O3S/c1-7-6-17-9(12-7)5-10(14)13-4-2-3-8(13)11(15)16/h6,8H,2-5H2,1H3,(H,15,16). The molecule has 2 heterocycles. The molecule has 1 aliphatic heterocycles. The highest BCUT2D eigenvalue weighted by atomic mass is 32.1. The highest BCUT2D eigenvalue weighted by molar-refractivity contribution is 7.09. The Labute approximate surface area is 103 Å². The number of carbonyl (C=O) groups is 2. The van der Waals surface area contributed by atoms with Crippen LogP contribution in [0.4, 0.5) is 0 Å². The fourth-order valence-corrected chi connectivity index (χ4v) is 2.80. The molecule has 1 aromatic heterocycles. The van der Waals surface area contributed by atoms with Crippen LogP contribution in [0.3, 0.4) is 0 Å². The molecule has 0 radical (unpaired) electrons. The van der Waals surface area contributed by atoms with Gasteiger partial charge in [-0.3, -0.25) is 4.79 Å². The van der Waals surface area contributed by atoms with E-state index >= 15 is 0 Å². The maximum absolute atomic E-state index is 12.0. The first-order chi connectivity index (χ1) is 8.08. The Morgan fingerprint density at radius 2 is 2.41 bits per heavy atom. The molecule has 1 fully saturated rings. The van der Waals surface area contributed by atoms with E-state index in [0.717, 1.165) is 17.1 Å². The third-order valence-corrected chi connectivity index (χ3v) is 3.79. The van der Waals surface area contributed by atoms with Gasteiger partial charge in [-0.2, -0.15) is 0 Å². The topological polar surface area (TPSA) is 70.5 Å². The van der Waals surface area contributed by atoms with Gasteiger partial charge in [0.1, 0.15) is 11.0 Å². The number of aryl methyl sites for hydroxylation is 1. The number of carboxylic acid groups (broad SMARTS) is 1. The van der Waals surface area contributed by atoms with Crippen LogP contribution < -0.4 is 0 Å². The molecule has 17 heavy (non-hydrogen) atoms. The lowest BCUT2D eigenvalue weighted by atomic mass is 10.2. The second-order valence-corrected chi connectivity index (χ2v) is 5.09. The maximum Gasteiger partial charge on any atom is 0.326 e. The summed E-state index contributed by atoms with van der Waals surface area (Å²) < 4.78 is 0. The number of amides is 1. The summed E-state index contributed by atoms with van der Waals surface area (Å²) >= 11 is 1.44. The third kappa shape index (κ3) is 2.63. The van der Waals surface area contributed by atoms with Crippen LogP contribution in [0.5, 0.6) is 0 Å². The molecule has 0 saturated carbocycles. The molecule has 5 nitrogen and oxygen atoms in total. The lowest BCUT2D eigenvalue weighted by Crippen LogP contribution is -2.41. The van der Waals surface area contributed by atoms with Crippen molar-refractivity contribution < 1.29 is 14.7 Å². The molecule has 1 N–H and O–H groups in total. The molecule has 1 amide bonds. The predicted molar refractivity (Wildman–Crippen MR) is 62.9 cm³/mol. The molecule has 1 saturated heterocycles. The number of aromatic nitrogens is 1. The molecule has 0 spiro atoms. The van der Waals surface area contributed by atoms with Gasteiger partial charge in [0.05, 0.1) is 6.42 Å². The Hall–Kier alpha value is -1.43. The molecule has 1 atom stereocenters. The van der Waals surface area contributed by atoms with E-state index in [9.17, 15) is 9.59 Å². The first kappa shape index (κ1) is 12.0. The molecule has 1 unspecified atom stereocenters. The lowest BCUT2D eigenvalue weighted by molar-refractivity contribution is -0.148. The summed E-state index contributed by atoms with van der Waals surface area (Å²) in [7, 11) is 0. The summed E-state index contributed by atoms with van der Waals surface area (Å²) in [6.45, 7) is 2.42. The van der Waals surface area contributed by atoms with Crippen molar-refractivity contribution >= 4 is 23.2 Å². The number of aliphatic carboxylic acids is 1. The normalized spacial score (nSPS) is 19.6. The Morgan fingerprint density at radius 1 is 1.65 bits per heavy atom. The van der Waals surface area contributed by atoms with Crippen LogP contribution in [0.1, 0.15) is 23.5 Å². The molecule has 0 bridgehead atoms. The van der Waals surface area contributed by atoms with E-state index in [-0.39, 0.29) is 12.3 Å². The fourth-order valence-electron chi connectivity index (χ4n) is 2.04. The van der Waals surface area contributed by atoms with Crippen molar-refractivity contribution in [2.24, 2.45) is 0 Å². The summed E-state index contributed by atoms with van der Waals surface area (Å²) in [5.41, 5.74) is 0.897. The van der Waals surface area contributed by atoms with E-state index in [1.54, 1.807) is 0 Å². The quantitative estimate of drug-likeness (QED) is 0.876. The van der Waals surface area contributed by atoms with Crippen LogP contribution in [-0.4, -0.2) is 39.5 Å². The Balaban J connectivity index is 2.02. The van der Waals surface area contributed by atoms with Crippen LogP contribution >= 0.6 is 11.3 Å². The monoisotopic (exact) mass is 254 g/mol. The van der Waals surface area contributed by atoms with Crippen molar-refractivity contribution in [2.75, 3.05) is 6.54 Å². The Morgan fingerprint density at radius 3 is 3.00 bits per heavy atom. The van der Waals surface area contributed by atoms with Gasteiger partial charge in [0, 0.05) is 17.6 Å². The second kappa shape index (κ2) is 4.83. The van der Waals surface area contributed by atoms with Gasteiger partial charge in [-0.25, -0.2) is 9.78 Å². The van der Waals surface area contributed by atoms with E-state index in [0.29, 0.717) is 13.0 Å². The summed E-state index contributed by atoms with van der Waals surface area (Å²) in [5, 5.41) is 11.6. The van der Waals surface area contributed by atoms with Crippen LogP contribution in [0.2, 0.25) is 0 Å². The van der Waals surface area contributed by atoms with Crippen molar-refractivity contribution in [3.63, 3.8) is 0 Å². The van der Waals surface area contributed by atoms with Crippen molar-refractivity contribution in [2.45, 2.75) is 32.2 Å². The van der Waals surface area contributed by atoms with Gasteiger partial charge in [0.2, 0.25) is 5.91 Å². The zero-order chi connectivity index (χ0) is 12.4. The number of carbonyl (C=O) groups excluding carboxylic acids is 1. The van der Waals surface area contributed by atoms with E-state index < -0.39 is 12.0 Å². The lowest BCUT2D eigenvalue weighted by Gasteiger charge is -2.20. The SMILES string of the molecule is Cc1csc(CC(=O)N2CCCC2C(=O)O)n1. The Bertz CT molecular complexity index is 444. The van der Waals surface area contributed by atoms with E-state index in [1.807, 2.05) is 12.3 Å². The number of carboxylic acids is 1. The van der Waals surface area contributed by atoms with E-state index in [4.69, 9.17) is 5.11 Å². The van der Waals surface area contributed by atoms with Crippen LogP contribution in [-0.2, 0) is 16.0 Å². The minimum atomic E-state index is -0.911.